The van der Waals surface area contributed by atoms with Crippen molar-refractivity contribution in [1.29, 1.82) is 0 Å². The van der Waals surface area contributed by atoms with Crippen molar-refractivity contribution in [2.24, 2.45) is 0 Å². The molecule has 0 spiro atoms. The van der Waals surface area contributed by atoms with Crippen LogP contribution in [0.5, 0.6) is 0 Å². The van der Waals surface area contributed by atoms with Crippen LogP contribution in [0.15, 0.2) is 400 Å². The average molecular weight is 1290 g/mol. The Labute approximate surface area is 582 Å². The number of nitrogens with zero attached hydrogens (tertiary/aromatic N) is 4. The molecule has 98 heavy (non-hydrogen) atoms. The molecule has 0 saturated carbocycles. The highest BCUT2D eigenvalue weighted by Crippen LogP contribution is 2.44. The van der Waals surface area contributed by atoms with Crippen molar-refractivity contribution in [3.05, 3.63) is 400 Å². The van der Waals surface area contributed by atoms with Gasteiger partial charge in [-0.25, -0.2) is 0 Å². The first-order valence-electron chi connectivity index (χ1n) is 33.1. The minimum atomic E-state index is 1.06. The van der Waals surface area contributed by atoms with Crippen LogP contribution in [-0.2, 0) is 0 Å². The lowest BCUT2D eigenvalue weighted by atomic mass is 10.0. The van der Waals surface area contributed by atoms with Crippen molar-refractivity contribution in [3.8, 4) is 75.1 Å². The molecule has 0 aliphatic carbocycles. The van der Waals surface area contributed by atoms with E-state index in [0.717, 1.165) is 102 Å². The van der Waals surface area contributed by atoms with E-state index in [1.807, 2.05) is 22.7 Å². The van der Waals surface area contributed by atoms with E-state index in [1.165, 1.54) is 41.8 Å². The summed E-state index contributed by atoms with van der Waals surface area (Å²) in [5.41, 5.74) is 24.8. The van der Waals surface area contributed by atoms with Gasteiger partial charge in [-0.1, -0.05) is 231 Å². The maximum atomic E-state index is 2.36. The van der Waals surface area contributed by atoms with E-state index in [9.17, 15) is 0 Å². The maximum Gasteiger partial charge on any atom is 0.0462 e. The lowest BCUT2D eigenvalue weighted by Gasteiger charge is -2.27. The van der Waals surface area contributed by atoms with Crippen LogP contribution in [0.4, 0.5) is 68.2 Å². The molecule has 0 aliphatic heterocycles. The summed E-state index contributed by atoms with van der Waals surface area (Å²) in [5, 5.41) is 0. The number of para-hydroxylation sites is 4. The second-order valence-electron chi connectivity index (χ2n) is 24.1. The topological polar surface area (TPSA) is 13.0 Å². The van der Waals surface area contributed by atoms with Crippen LogP contribution >= 0.6 is 22.7 Å². The second-order valence-corrected chi connectivity index (χ2v) is 26.3. The molecule has 16 aromatic rings. The van der Waals surface area contributed by atoms with Gasteiger partial charge in [-0.2, -0.15) is 0 Å². The molecule has 0 N–H and O–H groups in total. The SMILES string of the molecule is c1ccc(-c2ccc(-c3ccc(N(c4ccc(-c5ccc(N(c6ccccc6)c6ccccc6)cc5)cc4)c4ccc(-c5ccc(N(c6ccc(-c7ccc(N(c8ccccc8)c8ccccc8)cc7)cc6)c6ccc(-c7ccc(-c8ccccc8)s7)cc6)cc5)cc4)cc3)s2)cc1. The molecule has 0 bridgehead atoms. The monoisotopic (exact) mass is 1290 g/mol. The fourth-order valence-electron chi connectivity index (χ4n) is 13.0. The zero-order chi connectivity index (χ0) is 65.4. The Morgan fingerprint density at radius 2 is 0.245 bits per heavy atom. The van der Waals surface area contributed by atoms with Gasteiger partial charge < -0.3 is 19.6 Å². The van der Waals surface area contributed by atoms with Gasteiger partial charge in [0, 0.05) is 87.8 Å². The van der Waals surface area contributed by atoms with Crippen molar-refractivity contribution in [1.82, 2.24) is 0 Å². The van der Waals surface area contributed by atoms with Crippen LogP contribution in [0.25, 0.3) is 75.1 Å². The van der Waals surface area contributed by atoms with Gasteiger partial charge in [0.05, 0.1) is 0 Å². The molecule has 2 aromatic heterocycles. The Balaban J connectivity index is 0.696. The Kier molecular flexibility index (Phi) is 17.3. The molecule has 16 rings (SSSR count). The highest BCUT2D eigenvalue weighted by Gasteiger charge is 2.20. The fourth-order valence-corrected chi connectivity index (χ4v) is 15.0. The summed E-state index contributed by atoms with van der Waals surface area (Å²) in [7, 11) is 0. The van der Waals surface area contributed by atoms with E-state index in [-0.39, 0.29) is 0 Å². The van der Waals surface area contributed by atoms with Crippen LogP contribution in [-0.4, -0.2) is 0 Å². The van der Waals surface area contributed by atoms with Crippen LogP contribution in [0.3, 0.4) is 0 Å². The lowest BCUT2D eigenvalue weighted by molar-refractivity contribution is 1.28. The zero-order valence-electron chi connectivity index (χ0n) is 53.7. The number of anilines is 12. The van der Waals surface area contributed by atoms with E-state index in [4.69, 9.17) is 0 Å². The van der Waals surface area contributed by atoms with Crippen molar-refractivity contribution >= 4 is 90.9 Å². The van der Waals surface area contributed by atoms with Crippen molar-refractivity contribution < 1.29 is 0 Å². The van der Waals surface area contributed by atoms with Gasteiger partial charge in [-0.3, -0.25) is 0 Å². The molecule has 0 radical (unpaired) electrons. The second kappa shape index (κ2) is 27.9. The predicted octanol–water partition coefficient (Wildman–Crippen LogP) is 27.4. The number of thiophene rings is 2. The summed E-state index contributed by atoms with van der Waals surface area (Å²) in [6.45, 7) is 0. The highest BCUT2D eigenvalue weighted by molar-refractivity contribution is 7.19. The maximum absolute atomic E-state index is 2.36. The smallest absolute Gasteiger partial charge is 0.0462 e. The largest absolute Gasteiger partial charge is 0.311 e. The predicted molar refractivity (Wildman–Crippen MR) is 419 cm³/mol. The summed E-state index contributed by atoms with van der Waals surface area (Å²) in [5.74, 6) is 0. The van der Waals surface area contributed by atoms with Gasteiger partial charge in [0.1, 0.15) is 0 Å². The van der Waals surface area contributed by atoms with Gasteiger partial charge in [0.2, 0.25) is 0 Å². The van der Waals surface area contributed by atoms with Gasteiger partial charge in [-0.15, -0.1) is 22.7 Å². The standard InChI is InChI=1S/C92H66N4S2/c1-7-19-73(20-8-1)89-63-65-91(97-89)75-43-59-87(60-44-75)95(83-51-35-69(36-52-83)67-31-47-81(48-32-67)93(77-23-11-3-12-24-77)78-25-13-4-14-26-78)85-55-39-71(40-56-85)72-41-57-86(58-42-72)96(88-61-45-76(46-62-88)92-66-64-90(98-92)74-21-9-2-10-22-74)84-53-37-70(38-54-84)68-33-49-82(50-34-68)94(79-27-15-5-16-28-79)80-29-17-6-18-30-80/h1-66H. The third-order valence-electron chi connectivity index (χ3n) is 18.0. The molecule has 0 fully saturated rings. The van der Waals surface area contributed by atoms with E-state index in [0.29, 0.717) is 0 Å². The molecule has 0 saturated heterocycles. The molecule has 466 valence electrons. The van der Waals surface area contributed by atoms with Gasteiger partial charge in [0.15, 0.2) is 0 Å². The van der Waals surface area contributed by atoms with Crippen LogP contribution < -0.4 is 19.6 Å². The van der Waals surface area contributed by atoms with Crippen molar-refractivity contribution in [3.63, 3.8) is 0 Å². The molecular formula is C92H66N4S2. The first-order valence-corrected chi connectivity index (χ1v) is 34.7. The van der Waals surface area contributed by atoms with Crippen LogP contribution in [0.1, 0.15) is 0 Å². The number of rotatable bonds is 19. The fraction of sp³-hybridized carbons (Fsp3) is 0. The summed E-state index contributed by atoms with van der Waals surface area (Å²) in [6, 6.07) is 144. The first-order chi connectivity index (χ1) is 48.6. The van der Waals surface area contributed by atoms with Gasteiger partial charge in [0.25, 0.3) is 0 Å². The summed E-state index contributed by atoms with van der Waals surface area (Å²) in [6.07, 6.45) is 0. The van der Waals surface area contributed by atoms with E-state index >= 15 is 0 Å². The summed E-state index contributed by atoms with van der Waals surface area (Å²) >= 11 is 3.65. The summed E-state index contributed by atoms with van der Waals surface area (Å²) in [4.78, 5) is 14.3. The minimum Gasteiger partial charge on any atom is -0.311 e. The van der Waals surface area contributed by atoms with E-state index in [2.05, 4.69) is 420 Å². The summed E-state index contributed by atoms with van der Waals surface area (Å²) < 4.78 is 0. The minimum absolute atomic E-state index is 1.06. The molecular weight excluding hydrogens is 1230 g/mol. The molecule has 0 unspecified atom stereocenters. The zero-order valence-corrected chi connectivity index (χ0v) is 55.3. The number of hydrogen-bond donors (Lipinski definition) is 0. The average Bonchev–Trinajstić information content (AvgIpc) is 1.21. The van der Waals surface area contributed by atoms with E-state index < -0.39 is 0 Å². The molecule has 6 heteroatoms. The normalized spacial score (nSPS) is 11.1. The van der Waals surface area contributed by atoms with Crippen molar-refractivity contribution in [2.75, 3.05) is 19.6 Å². The van der Waals surface area contributed by atoms with Crippen LogP contribution in [0, 0.1) is 0 Å². The first kappa shape index (κ1) is 60.6. The Hall–Kier alpha value is -12.3. The van der Waals surface area contributed by atoms with Crippen LogP contribution in [0.2, 0.25) is 0 Å². The Bertz CT molecular complexity index is 4810. The molecule has 0 amide bonds. The molecule has 2 heterocycles. The molecule has 0 atom stereocenters. The van der Waals surface area contributed by atoms with Crippen molar-refractivity contribution in [2.45, 2.75) is 0 Å². The van der Waals surface area contributed by atoms with Gasteiger partial charge >= 0.3 is 0 Å². The Morgan fingerprint density at radius 3 is 0.418 bits per heavy atom. The lowest BCUT2D eigenvalue weighted by Crippen LogP contribution is -2.10. The number of benzene rings is 14. The highest BCUT2D eigenvalue weighted by atomic mass is 32.1. The van der Waals surface area contributed by atoms with Gasteiger partial charge in [-0.05, 0) is 225 Å². The molecule has 0 aliphatic rings. The third-order valence-corrected chi connectivity index (χ3v) is 20.3. The third kappa shape index (κ3) is 13.0. The Morgan fingerprint density at radius 1 is 0.112 bits per heavy atom. The molecule has 4 nitrogen and oxygen atoms in total. The number of hydrogen-bond acceptors (Lipinski definition) is 6. The quantitative estimate of drug-likeness (QED) is 0.0800. The molecule has 14 aromatic carbocycles. The van der Waals surface area contributed by atoms with E-state index in [1.54, 1.807) is 0 Å².